The van der Waals surface area contributed by atoms with Crippen molar-refractivity contribution in [3.8, 4) is 0 Å². The number of amides is 1. The van der Waals surface area contributed by atoms with Crippen molar-refractivity contribution < 1.29 is 26.4 Å². The summed E-state index contributed by atoms with van der Waals surface area (Å²) < 4.78 is 57.8. The number of hydrogen-bond acceptors (Lipinski definition) is 3. The highest BCUT2D eigenvalue weighted by Crippen LogP contribution is 2.19. The Morgan fingerprint density at radius 2 is 1.50 bits per heavy atom. The van der Waals surface area contributed by atoms with Crippen LogP contribution in [0.4, 0.5) is 18.9 Å². The minimum Gasteiger partial charge on any atom is -0.318 e. The molecule has 0 aromatic heterocycles. The van der Waals surface area contributed by atoms with E-state index in [1.54, 1.807) is 5.32 Å². The molecule has 0 aliphatic carbocycles. The van der Waals surface area contributed by atoms with Gasteiger partial charge < -0.3 is 5.32 Å². The SMILES string of the molecule is C.CC.CS(=O)(=O)c1ccc(NC(=O)C(F)(F)F)cc1. The number of carbonyl (C=O) groups is 1. The summed E-state index contributed by atoms with van der Waals surface area (Å²) >= 11 is 0. The van der Waals surface area contributed by atoms with Gasteiger partial charge in [-0.3, -0.25) is 4.79 Å². The van der Waals surface area contributed by atoms with Gasteiger partial charge in [-0.05, 0) is 24.3 Å². The second-order valence-electron chi connectivity index (χ2n) is 3.25. The maximum atomic E-state index is 11.9. The predicted molar refractivity (Wildman–Crippen MR) is 72.3 cm³/mol. The Bertz CT molecular complexity index is 522. The Kier molecular flexibility index (Phi) is 8.18. The molecule has 0 saturated heterocycles. The number of alkyl halides is 3. The van der Waals surface area contributed by atoms with Crippen LogP contribution in [0.25, 0.3) is 0 Å². The molecule has 0 unspecified atom stereocenters. The van der Waals surface area contributed by atoms with Crippen LogP contribution in [0, 0.1) is 0 Å². The molecule has 0 fully saturated rings. The van der Waals surface area contributed by atoms with Crippen LogP contribution in [0.5, 0.6) is 0 Å². The van der Waals surface area contributed by atoms with Gasteiger partial charge in [-0.15, -0.1) is 0 Å². The van der Waals surface area contributed by atoms with Crippen LogP contribution in [0.2, 0.25) is 0 Å². The summed E-state index contributed by atoms with van der Waals surface area (Å²) in [4.78, 5) is 10.5. The Morgan fingerprint density at radius 1 is 1.10 bits per heavy atom. The van der Waals surface area contributed by atoms with Crippen molar-refractivity contribution in [1.29, 1.82) is 0 Å². The zero-order valence-corrected chi connectivity index (χ0v) is 11.4. The normalized spacial score (nSPS) is 10.7. The van der Waals surface area contributed by atoms with Crippen LogP contribution < -0.4 is 5.32 Å². The molecule has 1 rings (SSSR count). The third-order valence-electron chi connectivity index (χ3n) is 1.80. The Hall–Kier alpha value is -1.57. The molecule has 1 aromatic carbocycles. The Balaban J connectivity index is 0. The van der Waals surface area contributed by atoms with E-state index in [2.05, 4.69) is 0 Å². The van der Waals surface area contributed by atoms with Gasteiger partial charge in [0.05, 0.1) is 4.90 Å². The molecule has 0 heterocycles. The molecule has 116 valence electrons. The smallest absolute Gasteiger partial charge is 0.318 e. The summed E-state index contributed by atoms with van der Waals surface area (Å²) in [7, 11) is -3.41. The maximum Gasteiger partial charge on any atom is 0.471 e. The first kappa shape index (κ1) is 20.7. The maximum absolute atomic E-state index is 11.9. The third kappa shape index (κ3) is 6.55. The fourth-order valence-electron chi connectivity index (χ4n) is 0.987. The molecule has 8 heteroatoms. The number of rotatable bonds is 2. The van der Waals surface area contributed by atoms with Crippen LogP contribution in [0.1, 0.15) is 21.3 Å². The first-order valence-corrected chi connectivity index (χ1v) is 7.18. The summed E-state index contributed by atoms with van der Waals surface area (Å²) in [6, 6.07) is 4.39. The number of hydrogen-bond donors (Lipinski definition) is 1. The first-order valence-electron chi connectivity index (χ1n) is 5.29. The molecule has 1 amide bonds. The molecule has 0 aliphatic rings. The number of nitrogens with one attached hydrogen (secondary N) is 1. The first-order chi connectivity index (χ1) is 8.60. The molecule has 1 N–H and O–H groups in total. The summed E-state index contributed by atoms with van der Waals surface area (Å²) in [5, 5.41) is 1.60. The molecule has 0 atom stereocenters. The van der Waals surface area contributed by atoms with Crippen molar-refractivity contribution in [3.05, 3.63) is 24.3 Å². The predicted octanol–water partition coefficient (Wildman–Crippen LogP) is 3.25. The van der Waals surface area contributed by atoms with Crippen LogP contribution in [0.15, 0.2) is 29.2 Å². The lowest BCUT2D eigenvalue weighted by Crippen LogP contribution is -2.29. The largest absolute Gasteiger partial charge is 0.471 e. The zero-order chi connectivity index (χ0) is 15.3. The summed E-state index contributed by atoms with van der Waals surface area (Å²) in [6.07, 6.45) is -4.01. The fraction of sp³-hybridized carbons (Fsp3) is 0.417. The summed E-state index contributed by atoms with van der Waals surface area (Å²) in [6.45, 7) is 4.00. The lowest BCUT2D eigenvalue weighted by atomic mass is 10.3. The van der Waals surface area contributed by atoms with Crippen LogP contribution in [-0.2, 0) is 14.6 Å². The number of benzene rings is 1. The fourth-order valence-corrected chi connectivity index (χ4v) is 1.62. The highest BCUT2D eigenvalue weighted by molar-refractivity contribution is 7.90. The lowest BCUT2D eigenvalue weighted by molar-refractivity contribution is -0.167. The molecule has 0 spiro atoms. The minimum atomic E-state index is -4.98. The highest BCUT2D eigenvalue weighted by Gasteiger charge is 2.38. The van der Waals surface area contributed by atoms with Crippen LogP contribution in [0.3, 0.4) is 0 Å². The molecular formula is C12H18F3NO3S. The third-order valence-corrected chi connectivity index (χ3v) is 2.93. The van der Waals surface area contributed by atoms with Crippen LogP contribution >= 0.6 is 0 Å². The Labute approximate surface area is 116 Å². The zero-order valence-electron chi connectivity index (χ0n) is 10.6. The molecule has 0 saturated carbocycles. The quantitative estimate of drug-likeness (QED) is 0.911. The van der Waals surface area contributed by atoms with E-state index < -0.39 is 21.9 Å². The van der Waals surface area contributed by atoms with Crippen molar-refractivity contribution in [1.82, 2.24) is 0 Å². The van der Waals surface area contributed by atoms with E-state index in [0.29, 0.717) is 0 Å². The highest BCUT2D eigenvalue weighted by atomic mass is 32.2. The average Bonchev–Trinajstić information content (AvgIpc) is 2.30. The number of anilines is 1. The van der Waals surface area contributed by atoms with E-state index in [4.69, 9.17) is 0 Å². The van der Waals surface area contributed by atoms with Gasteiger partial charge in [0.25, 0.3) is 0 Å². The van der Waals surface area contributed by atoms with Gasteiger partial charge in [0.15, 0.2) is 9.84 Å². The molecule has 1 aromatic rings. The molecule has 0 radical (unpaired) electrons. The van der Waals surface area contributed by atoms with Crippen molar-refractivity contribution in [2.75, 3.05) is 11.6 Å². The van der Waals surface area contributed by atoms with Gasteiger partial charge >= 0.3 is 12.1 Å². The summed E-state index contributed by atoms with van der Waals surface area (Å²) in [5.74, 6) is -2.11. The van der Waals surface area contributed by atoms with E-state index in [0.717, 1.165) is 30.5 Å². The van der Waals surface area contributed by atoms with Gasteiger partial charge in [-0.1, -0.05) is 21.3 Å². The van der Waals surface area contributed by atoms with E-state index in [9.17, 15) is 26.4 Å². The lowest BCUT2D eigenvalue weighted by Gasteiger charge is -2.08. The van der Waals surface area contributed by atoms with E-state index in [1.807, 2.05) is 13.8 Å². The van der Waals surface area contributed by atoms with E-state index >= 15 is 0 Å². The molecular weight excluding hydrogens is 295 g/mol. The number of sulfone groups is 1. The van der Waals surface area contributed by atoms with Gasteiger partial charge in [0, 0.05) is 11.9 Å². The van der Waals surface area contributed by atoms with Gasteiger partial charge in [0.1, 0.15) is 0 Å². The van der Waals surface area contributed by atoms with Crippen molar-refractivity contribution >= 4 is 21.4 Å². The molecule has 4 nitrogen and oxygen atoms in total. The van der Waals surface area contributed by atoms with Gasteiger partial charge in [-0.2, -0.15) is 13.2 Å². The second-order valence-corrected chi connectivity index (χ2v) is 5.26. The topological polar surface area (TPSA) is 63.2 Å². The number of carbonyl (C=O) groups excluding carboxylic acids is 1. The monoisotopic (exact) mass is 313 g/mol. The standard InChI is InChI=1S/C9H8F3NO3S.C2H6.CH4/c1-17(15,16)7-4-2-6(3-5-7)13-8(14)9(10,11)12;1-2;/h2-5H,1H3,(H,13,14);1-2H3;1H4. The van der Waals surface area contributed by atoms with E-state index in [1.165, 1.54) is 0 Å². The Morgan fingerprint density at radius 3 is 1.80 bits per heavy atom. The van der Waals surface area contributed by atoms with Gasteiger partial charge in [0.2, 0.25) is 0 Å². The summed E-state index contributed by atoms with van der Waals surface area (Å²) in [5.41, 5.74) is -0.125. The average molecular weight is 313 g/mol. The van der Waals surface area contributed by atoms with Crippen molar-refractivity contribution in [2.24, 2.45) is 0 Å². The molecule has 20 heavy (non-hydrogen) atoms. The minimum absolute atomic E-state index is 0. The molecule has 0 bridgehead atoms. The van der Waals surface area contributed by atoms with Crippen molar-refractivity contribution in [3.63, 3.8) is 0 Å². The van der Waals surface area contributed by atoms with Crippen LogP contribution in [-0.4, -0.2) is 26.8 Å². The molecule has 0 aliphatic heterocycles. The van der Waals surface area contributed by atoms with E-state index in [-0.39, 0.29) is 18.0 Å². The van der Waals surface area contributed by atoms with Gasteiger partial charge in [-0.25, -0.2) is 8.42 Å². The number of halogens is 3. The van der Waals surface area contributed by atoms with Crippen molar-refractivity contribution in [2.45, 2.75) is 32.3 Å². The second kappa shape index (κ2) is 7.88.